The molecule has 2 aromatic carbocycles. The lowest BCUT2D eigenvalue weighted by molar-refractivity contribution is 0.102. The maximum atomic E-state index is 14.6. The molecule has 0 unspecified atom stereocenters. The van der Waals surface area contributed by atoms with Gasteiger partial charge in [-0.25, -0.2) is 4.39 Å². The molecule has 8 heteroatoms. The van der Waals surface area contributed by atoms with Gasteiger partial charge >= 0.3 is 6.01 Å². The van der Waals surface area contributed by atoms with Crippen LogP contribution in [0.25, 0.3) is 11.5 Å². The topological polar surface area (TPSA) is 92.1 Å². The Morgan fingerprint density at radius 1 is 0.970 bits per heavy atom. The molecule has 0 spiro atoms. The monoisotopic (exact) mass is 451 g/mol. The van der Waals surface area contributed by atoms with E-state index in [9.17, 15) is 9.18 Å². The highest BCUT2D eigenvalue weighted by molar-refractivity contribution is 6.04. The van der Waals surface area contributed by atoms with Crippen molar-refractivity contribution in [1.82, 2.24) is 15.5 Å². The van der Waals surface area contributed by atoms with Gasteiger partial charge in [0.05, 0.1) is 5.56 Å². The second kappa shape index (κ2) is 11.6. The van der Waals surface area contributed by atoms with E-state index in [-0.39, 0.29) is 17.4 Å². The molecule has 3 aromatic rings. The van der Waals surface area contributed by atoms with E-state index in [1.54, 1.807) is 30.3 Å². The summed E-state index contributed by atoms with van der Waals surface area (Å²) in [5, 5.41) is 17.0. The smallest absolute Gasteiger partial charge is 0.315 e. The van der Waals surface area contributed by atoms with Crippen LogP contribution in [0.3, 0.4) is 0 Å². The van der Waals surface area contributed by atoms with E-state index in [1.807, 2.05) is 6.07 Å². The summed E-state index contributed by atoms with van der Waals surface area (Å²) in [5.74, 6) is -0.736. The molecule has 0 radical (unpaired) electrons. The molecule has 1 amide bonds. The van der Waals surface area contributed by atoms with Crippen LogP contribution in [0.4, 0.5) is 16.1 Å². The first-order chi connectivity index (χ1) is 16.2. The van der Waals surface area contributed by atoms with Crippen molar-refractivity contribution in [1.29, 1.82) is 0 Å². The van der Waals surface area contributed by atoms with Crippen LogP contribution in [0.5, 0.6) is 0 Å². The zero-order valence-electron chi connectivity index (χ0n) is 18.6. The van der Waals surface area contributed by atoms with Gasteiger partial charge < -0.3 is 20.4 Å². The molecule has 3 N–H and O–H groups in total. The molecule has 1 aliphatic heterocycles. The first kappa shape index (κ1) is 22.9. The Morgan fingerprint density at radius 3 is 2.39 bits per heavy atom. The number of aromatic nitrogens is 2. The lowest BCUT2D eigenvalue weighted by atomic mass is 9.96. The van der Waals surface area contributed by atoms with Crippen molar-refractivity contribution >= 4 is 17.6 Å². The molecule has 1 aromatic heterocycles. The Hall–Kier alpha value is -3.26. The minimum atomic E-state index is -0.543. The molecule has 7 nitrogen and oxygen atoms in total. The first-order valence-corrected chi connectivity index (χ1v) is 11.7. The quantitative estimate of drug-likeness (QED) is 0.491. The zero-order valence-corrected chi connectivity index (χ0v) is 18.6. The fourth-order valence-corrected chi connectivity index (χ4v) is 4.00. The van der Waals surface area contributed by atoms with Crippen LogP contribution in [0.1, 0.15) is 55.3 Å². The number of benzene rings is 2. The zero-order chi connectivity index (χ0) is 22.9. The van der Waals surface area contributed by atoms with Gasteiger partial charge in [0.15, 0.2) is 0 Å². The predicted molar refractivity (Wildman–Crippen MR) is 127 cm³/mol. The standard InChI is InChI=1S/C21H21FN4O2.C4H9N/c22-18-13-16(23-19(27)14-7-3-1-4-8-14)11-12-17(18)20-25-26-21(28-20)24-15-9-5-2-6-10-15;1-2-4-5-3-1/h1,3-4,7-8,11-13,15H,2,5-6,9-10H2,(H,23,27)(H,24,26);5H,1-4H2. The summed E-state index contributed by atoms with van der Waals surface area (Å²) < 4.78 is 20.1. The van der Waals surface area contributed by atoms with Crippen LogP contribution in [-0.2, 0) is 0 Å². The number of amides is 1. The van der Waals surface area contributed by atoms with Gasteiger partial charge in [-0.05, 0) is 69.1 Å². The molecule has 0 atom stereocenters. The molecule has 2 aliphatic rings. The second-order valence-electron chi connectivity index (χ2n) is 8.36. The van der Waals surface area contributed by atoms with E-state index >= 15 is 0 Å². The van der Waals surface area contributed by atoms with Crippen LogP contribution in [0, 0.1) is 5.82 Å². The minimum Gasteiger partial charge on any atom is -0.403 e. The van der Waals surface area contributed by atoms with Crippen molar-refractivity contribution in [3.8, 4) is 11.5 Å². The van der Waals surface area contributed by atoms with Gasteiger partial charge in [0.25, 0.3) is 11.8 Å². The Kier molecular flexibility index (Phi) is 8.03. The van der Waals surface area contributed by atoms with Crippen molar-refractivity contribution in [2.24, 2.45) is 0 Å². The van der Waals surface area contributed by atoms with Crippen LogP contribution < -0.4 is 16.0 Å². The summed E-state index contributed by atoms with van der Waals surface area (Å²) in [6.07, 6.45) is 8.54. The highest BCUT2D eigenvalue weighted by Gasteiger charge is 2.18. The van der Waals surface area contributed by atoms with Gasteiger partial charge in [-0.3, -0.25) is 4.79 Å². The molecule has 1 saturated heterocycles. The van der Waals surface area contributed by atoms with Crippen LogP contribution >= 0.6 is 0 Å². The molecule has 2 heterocycles. The number of nitrogens with one attached hydrogen (secondary N) is 3. The number of halogens is 1. The predicted octanol–water partition coefficient (Wildman–Crippen LogP) is 5.24. The van der Waals surface area contributed by atoms with Gasteiger partial charge in [0, 0.05) is 17.3 Å². The molecule has 33 heavy (non-hydrogen) atoms. The number of carbonyl (C=O) groups is 1. The van der Waals surface area contributed by atoms with E-state index in [0.29, 0.717) is 23.3 Å². The highest BCUT2D eigenvalue weighted by atomic mass is 19.1. The summed E-state index contributed by atoms with van der Waals surface area (Å²) in [6, 6.07) is 13.8. The van der Waals surface area contributed by atoms with E-state index in [1.165, 1.54) is 57.3 Å². The molecular formula is C25H30FN5O2. The third kappa shape index (κ3) is 6.61. The summed E-state index contributed by atoms with van der Waals surface area (Å²) in [6.45, 7) is 2.50. The normalized spacial score (nSPS) is 16.0. The number of nitrogens with zero attached hydrogens (tertiary/aromatic N) is 2. The summed E-state index contributed by atoms with van der Waals surface area (Å²) >= 11 is 0. The van der Waals surface area contributed by atoms with Crippen LogP contribution in [0.15, 0.2) is 52.9 Å². The van der Waals surface area contributed by atoms with Crippen molar-refractivity contribution in [3.05, 3.63) is 59.9 Å². The van der Waals surface area contributed by atoms with Gasteiger partial charge in [-0.1, -0.05) is 42.6 Å². The Balaban J connectivity index is 0.000000459. The maximum absolute atomic E-state index is 14.6. The molecule has 5 rings (SSSR count). The van der Waals surface area contributed by atoms with Crippen molar-refractivity contribution < 1.29 is 13.6 Å². The Labute approximate surface area is 193 Å². The molecule has 1 aliphatic carbocycles. The minimum absolute atomic E-state index is 0.108. The number of anilines is 2. The van der Waals surface area contributed by atoms with Gasteiger partial charge in [0.2, 0.25) is 0 Å². The SMILES string of the molecule is C1CCNC1.O=C(Nc1ccc(-c2nnc(NC3CCCCC3)o2)c(F)c1)c1ccccc1. The molecule has 2 fully saturated rings. The van der Waals surface area contributed by atoms with E-state index < -0.39 is 5.82 Å². The van der Waals surface area contributed by atoms with Crippen LogP contribution in [0.2, 0.25) is 0 Å². The number of rotatable bonds is 5. The number of hydrogen-bond acceptors (Lipinski definition) is 6. The fourth-order valence-electron chi connectivity index (χ4n) is 4.00. The number of carbonyl (C=O) groups excluding carboxylic acids is 1. The Bertz CT molecular complexity index is 1020. The largest absolute Gasteiger partial charge is 0.403 e. The van der Waals surface area contributed by atoms with Gasteiger partial charge in [-0.2, -0.15) is 0 Å². The van der Waals surface area contributed by atoms with E-state index in [0.717, 1.165) is 12.8 Å². The maximum Gasteiger partial charge on any atom is 0.315 e. The lowest BCUT2D eigenvalue weighted by Gasteiger charge is -2.21. The van der Waals surface area contributed by atoms with Gasteiger partial charge in [0.1, 0.15) is 5.82 Å². The number of hydrogen-bond donors (Lipinski definition) is 3. The fraction of sp³-hybridized carbons (Fsp3) is 0.400. The first-order valence-electron chi connectivity index (χ1n) is 11.7. The average molecular weight is 452 g/mol. The lowest BCUT2D eigenvalue weighted by Crippen LogP contribution is -2.22. The van der Waals surface area contributed by atoms with Crippen molar-refractivity contribution in [3.63, 3.8) is 0 Å². The van der Waals surface area contributed by atoms with Crippen molar-refractivity contribution in [2.45, 2.75) is 51.0 Å². The molecule has 174 valence electrons. The van der Waals surface area contributed by atoms with Crippen LogP contribution in [-0.4, -0.2) is 35.2 Å². The summed E-state index contributed by atoms with van der Waals surface area (Å²) in [7, 11) is 0. The molecular weight excluding hydrogens is 421 g/mol. The van der Waals surface area contributed by atoms with Gasteiger partial charge in [-0.15, -0.1) is 5.10 Å². The van der Waals surface area contributed by atoms with Crippen molar-refractivity contribution in [2.75, 3.05) is 23.7 Å². The average Bonchev–Trinajstić information content (AvgIpc) is 3.56. The molecule has 0 bridgehead atoms. The third-order valence-corrected chi connectivity index (χ3v) is 5.81. The van der Waals surface area contributed by atoms with E-state index in [2.05, 4.69) is 26.1 Å². The molecule has 1 saturated carbocycles. The highest BCUT2D eigenvalue weighted by Crippen LogP contribution is 2.27. The second-order valence-corrected chi connectivity index (χ2v) is 8.36. The van der Waals surface area contributed by atoms with E-state index in [4.69, 9.17) is 4.42 Å². The summed E-state index contributed by atoms with van der Waals surface area (Å²) in [4.78, 5) is 12.2. The summed E-state index contributed by atoms with van der Waals surface area (Å²) in [5.41, 5.74) is 1.05. The third-order valence-electron chi connectivity index (χ3n) is 5.81. The Morgan fingerprint density at radius 2 is 1.73 bits per heavy atom.